The molecule has 0 radical (unpaired) electrons. The molecular formula is C12H8ClN3O3. The maximum atomic E-state index is 11.9. The summed E-state index contributed by atoms with van der Waals surface area (Å²) in [5.41, 5.74) is 0.00570. The Morgan fingerprint density at radius 2 is 2.00 bits per heavy atom. The summed E-state index contributed by atoms with van der Waals surface area (Å²) < 4.78 is 0. The van der Waals surface area contributed by atoms with Gasteiger partial charge in [0, 0.05) is 12.4 Å². The number of hydrogen-bond donors (Lipinski definition) is 2. The van der Waals surface area contributed by atoms with Crippen LogP contribution in [0, 0.1) is 0 Å². The molecule has 2 heterocycles. The minimum absolute atomic E-state index is 0.108. The summed E-state index contributed by atoms with van der Waals surface area (Å²) in [6.07, 6.45) is 2.66. The molecule has 2 N–H and O–H groups in total. The number of nitrogens with one attached hydrogen (secondary N) is 1. The van der Waals surface area contributed by atoms with Gasteiger partial charge >= 0.3 is 5.97 Å². The lowest BCUT2D eigenvalue weighted by Gasteiger charge is -2.06. The topological polar surface area (TPSA) is 92.2 Å². The van der Waals surface area contributed by atoms with E-state index in [1.807, 2.05) is 0 Å². The number of rotatable bonds is 3. The number of hydrogen-bond acceptors (Lipinski definition) is 4. The van der Waals surface area contributed by atoms with E-state index in [4.69, 9.17) is 16.7 Å². The molecule has 0 aliphatic rings. The summed E-state index contributed by atoms with van der Waals surface area (Å²) >= 11 is 5.66. The maximum absolute atomic E-state index is 11.9. The van der Waals surface area contributed by atoms with Crippen molar-refractivity contribution in [2.45, 2.75) is 0 Å². The number of aromatic carboxylic acids is 1. The smallest absolute Gasteiger partial charge is 0.356 e. The van der Waals surface area contributed by atoms with Gasteiger partial charge in [-0.05, 0) is 24.3 Å². The van der Waals surface area contributed by atoms with Gasteiger partial charge in [-0.2, -0.15) is 0 Å². The molecule has 0 aliphatic heterocycles. The van der Waals surface area contributed by atoms with Gasteiger partial charge in [-0.15, -0.1) is 0 Å². The Kier molecular flexibility index (Phi) is 3.72. The Labute approximate surface area is 113 Å². The first-order valence-corrected chi connectivity index (χ1v) is 5.57. The lowest BCUT2D eigenvalue weighted by atomic mass is 10.2. The molecular weight excluding hydrogens is 270 g/mol. The molecule has 0 aromatic carbocycles. The van der Waals surface area contributed by atoms with Crippen LogP contribution in [0.25, 0.3) is 0 Å². The van der Waals surface area contributed by atoms with Crippen LogP contribution < -0.4 is 5.32 Å². The predicted octanol–water partition coefficient (Wildman–Crippen LogP) is 2.08. The summed E-state index contributed by atoms with van der Waals surface area (Å²) in [5.74, 6) is -1.76. The molecule has 2 aromatic heterocycles. The van der Waals surface area contributed by atoms with Gasteiger partial charge in [0.2, 0.25) is 0 Å². The minimum atomic E-state index is -1.22. The molecule has 2 rings (SSSR count). The number of halogens is 1. The zero-order valence-electron chi connectivity index (χ0n) is 9.50. The van der Waals surface area contributed by atoms with E-state index < -0.39 is 11.9 Å². The largest absolute Gasteiger partial charge is 0.476 e. The van der Waals surface area contributed by atoms with Crippen molar-refractivity contribution in [2.75, 3.05) is 5.32 Å². The summed E-state index contributed by atoms with van der Waals surface area (Å²) in [4.78, 5) is 30.3. The third-order valence-corrected chi connectivity index (χ3v) is 2.44. The molecule has 0 saturated heterocycles. The Morgan fingerprint density at radius 3 is 2.63 bits per heavy atom. The fourth-order valence-electron chi connectivity index (χ4n) is 1.37. The van der Waals surface area contributed by atoms with E-state index >= 15 is 0 Å². The Bertz CT molecular complexity index is 628. The van der Waals surface area contributed by atoms with Gasteiger partial charge < -0.3 is 10.4 Å². The molecule has 1 amide bonds. The Balaban J connectivity index is 2.24. The summed E-state index contributed by atoms with van der Waals surface area (Å²) in [5, 5.41) is 11.8. The molecule has 0 bridgehead atoms. The predicted molar refractivity (Wildman–Crippen MR) is 68.4 cm³/mol. The van der Waals surface area contributed by atoms with Crippen molar-refractivity contribution >= 4 is 29.2 Å². The van der Waals surface area contributed by atoms with Crippen LogP contribution >= 0.6 is 11.6 Å². The van der Waals surface area contributed by atoms with Crippen molar-refractivity contribution in [3.8, 4) is 0 Å². The molecule has 0 aliphatic carbocycles. The molecule has 7 heteroatoms. The molecule has 19 heavy (non-hydrogen) atoms. The van der Waals surface area contributed by atoms with Crippen molar-refractivity contribution < 1.29 is 14.7 Å². The molecule has 0 atom stereocenters. The number of aromatic nitrogens is 2. The average Bonchev–Trinajstić information content (AvgIpc) is 2.39. The minimum Gasteiger partial charge on any atom is -0.476 e. The number of carboxylic acids is 1. The summed E-state index contributed by atoms with van der Waals surface area (Å²) in [6, 6.07) is 5.93. The van der Waals surface area contributed by atoms with E-state index in [2.05, 4.69) is 15.3 Å². The van der Waals surface area contributed by atoms with Crippen molar-refractivity contribution in [3.63, 3.8) is 0 Å². The van der Waals surface area contributed by atoms with Gasteiger partial charge in [-0.1, -0.05) is 11.6 Å². The number of carboxylic acid groups (broad SMARTS) is 1. The number of nitrogens with zero attached hydrogens (tertiary/aromatic N) is 2. The van der Waals surface area contributed by atoms with Crippen LogP contribution in [0.5, 0.6) is 0 Å². The van der Waals surface area contributed by atoms with Crippen LogP contribution in [0.2, 0.25) is 5.02 Å². The number of pyridine rings is 2. The second-order valence-corrected chi connectivity index (χ2v) is 3.96. The van der Waals surface area contributed by atoms with Crippen LogP contribution in [0.3, 0.4) is 0 Å². The Hall–Kier alpha value is -2.47. The normalized spacial score (nSPS) is 9.95. The number of anilines is 1. The quantitative estimate of drug-likeness (QED) is 0.896. The van der Waals surface area contributed by atoms with Crippen molar-refractivity contribution in [2.24, 2.45) is 0 Å². The monoisotopic (exact) mass is 277 g/mol. The summed E-state index contributed by atoms with van der Waals surface area (Å²) in [6.45, 7) is 0. The number of carbonyl (C=O) groups is 2. The van der Waals surface area contributed by atoms with Crippen LogP contribution in [-0.4, -0.2) is 27.0 Å². The fourth-order valence-corrected chi connectivity index (χ4v) is 1.48. The second kappa shape index (κ2) is 5.45. The van der Waals surface area contributed by atoms with Crippen LogP contribution in [0.15, 0.2) is 36.7 Å². The van der Waals surface area contributed by atoms with E-state index in [9.17, 15) is 9.59 Å². The van der Waals surface area contributed by atoms with Crippen molar-refractivity contribution in [3.05, 3.63) is 53.1 Å². The molecule has 0 fully saturated rings. The van der Waals surface area contributed by atoms with Gasteiger partial charge in [0.25, 0.3) is 5.91 Å². The molecule has 96 valence electrons. The lowest BCUT2D eigenvalue weighted by Crippen LogP contribution is -2.16. The first kappa shape index (κ1) is 13.0. The zero-order chi connectivity index (χ0) is 13.8. The molecule has 0 saturated carbocycles. The SMILES string of the molecule is O=C(Nc1cccnc1C(=O)O)c1ccc(Cl)cn1. The van der Waals surface area contributed by atoms with Gasteiger partial charge in [0.15, 0.2) is 5.69 Å². The Morgan fingerprint density at radius 1 is 1.21 bits per heavy atom. The highest BCUT2D eigenvalue weighted by atomic mass is 35.5. The van der Waals surface area contributed by atoms with Gasteiger partial charge in [0.05, 0.1) is 10.7 Å². The molecule has 0 unspecified atom stereocenters. The van der Waals surface area contributed by atoms with E-state index in [1.165, 1.54) is 36.7 Å². The highest BCUT2D eigenvalue weighted by Gasteiger charge is 2.14. The zero-order valence-corrected chi connectivity index (χ0v) is 10.3. The molecule has 2 aromatic rings. The standard InChI is InChI=1S/C12H8ClN3O3/c13-7-3-4-9(15-6-7)11(17)16-8-2-1-5-14-10(8)12(18)19/h1-6H,(H,16,17)(H,18,19). The molecule has 6 nitrogen and oxygen atoms in total. The average molecular weight is 278 g/mol. The maximum Gasteiger partial charge on any atom is 0.356 e. The summed E-state index contributed by atoms with van der Waals surface area (Å²) in [7, 11) is 0. The number of carbonyl (C=O) groups excluding carboxylic acids is 1. The third-order valence-electron chi connectivity index (χ3n) is 2.22. The fraction of sp³-hybridized carbons (Fsp3) is 0. The van der Waals surface area contributed by atoms with E-state index in [1.54, 1.807) is 0 Å². The van der Waals surface area contributed by atoms with Crippen molar-refractivity contribution in [1.29, 1.82) is 0 Å². The van der Waals surface area contributed by atoms with Gasteiger partial charge in [-0.3, -0.25) is 4.79 Å². The van der Waals surface area contributed by atoms with Crippen molar-refractivity contribution in [1.82, 2.24) is 9.97 Å². The van der Waals surface area contributed by atoms with Crippen LogP contribution in [-0.2, 0) is 0 Å². The number of amides is 1. The highest BCUT2D eigenvalue weighted by molar-refractivity contribution is 6.30. The van der Waals surface area contributed by atoms with Gasteiger partial charge in [-0.25, -0.2) is 14.8 Å². The first-order valence-electron chi connectivity index (χ1n) is 5.19. The van der Waals surface area contributed by atoms with E-state index in [0.717, 1.165) is 0 Å². The molecule has 0 spiro atoms. The van der Waals surface area contributed by atoms with E-state index in [-0.39, 0.29) is 17.1 Å². The van der Waals surface area contributed by atoms with Gasteiger partial charge in [0.1, 0.15) is 5.69 Å². The van der Waals surface area contributed by atoms with Crippen LogP contribution in [0.4, 0.5) is 5.69 Å². The second-order valence-electron chi connectivity index (χ2n) is 3.52. The first-order chi connectivity index (χ1) is 9.08. The third kappa shape index (κ3) is 3.05. The van der Waals surface area contributed by atoms with E-state index in [0.29, 0.717) is 5.02 Å². The lowest BCUT2D eigenvalue weighted by molar-refractivity contribution is 0.0692. The van der Waals surface area contributed by atoms with Crippen LogP contribution in [0.1, 0.15) is 21.0 Å². The highest BCUT2D eigenvalue weighted by Crippen LogP contribution is 2.14.